The van der Waals surface area contributed by atoms with Gasteiger partial charge in [0.25, 0.3) is 0 Å². The minimum Gasteiger partial charge on any atom is -0.300 e. The summed E-state index contributed by atoms with van der Waals surface area (Å²) >= 11 is 3.46. The molecule has 0 saturated carbocycles. The second kappa shape index (κ2) is 4.23. The maximum absolute atomic E-state index is 11.0. The van der Waals surface area contributed by atoms with Crippen LogP contribution in [0, 0.1) is 11.8 Å². The average Bonchev–Trinajstić information content (AvgIpc) is 1.98. The highest BCUT2D eigenvalue weighted by atomic mass is 79.9. The molecule has 0 N–H and O–H groups in total. The molecular weight excluding hydrogens is 228 g/mol. The molecule has 0 radical (unpaired) electrons. The Morgan fingerprint density at radius 3 is 2.69 bits per heavy atom. The molecule has 13 heavy (non-hydrogen) atoms. The zero-order valence-corrected chi connectivity index (χ0v) is 9.89. The van der Waals surface area contributed by atoms with Gasteiger partial charge in [-0.15, -0.1) is 0 Å². The van der Waals surface area contributed by atoms with Crippen molar-refractivity contribution in [2.24, 2.45) is 11.8 Å². The fourth-order valence-corrected chi connectivity index (χ4v) is 2.30. The van der Waals surface area contributed by atoms with Crippen molar-refractivity contribution in [3.63, 3.8) is 0 Å². The largest absolute Gasteiger partial charge is 0.300 e. The molecule has 0 aromatic heterocycles. The number of Topliss-reactive ketones (excluding diaryl/α,β-unsaturated/α-hetero) is 1. The van der Waals surface area contributed by atoms with Gasteiger partial charge >= 0.3 is 0 Å². The summed E-state index contributed by atoms with van der Waals surface area (Å²) in [4.78, 5) is 11.0. The van der Waals surface area contributed by atoms with Crippen LogP contribution < -0.4 is 0 Å². The van der Waals surface area contributed by atoms with E-state index in [1.807, 2.05) is 0 Å². The van der Waals surface area contributed by atoms with Crippen LogP contribution in [0.4, 0.5) is 0 Å². The van der Waals surface area contributed by atoms with Crippen LogP contribution in [0.1, 0.15) is 27.2 Å². The summed E-state index contributed by atoms with van der Waals surface area (Å²) in [6.45, 7) is 6.00. The first-order valence-electron chi connectivity index (χ1n) is 4.58. The van der Waals surface area contributed by atoms with E-state index in [0.29, 0.717) is 18.3 Å². The Morgan fingerprint density at radius 1 is 1.54 bits per heavy atom. The average molecular weight is 243 g/mol. The number of ketones is 1. The molecule has 1 aliphatic rings. The van der Waals surface area contributed by atoms with E-state index >= 15 is 0 Å². The van der Waals surface area contributed by atoms with Crippen molar-refractivity contribution in [2.75, 3.05) is 0 Å². The molecule has 0 spiro atoms. The standard InChI is InChI=1S/C11H15BrO/c1-7-4-11(12)6-10(9(7)3)5-8(2)13/h4,6-7,9H,5H2,1-3H3. The van der Waals surface area contributed by atoms with Gasteiger partial charge in [0.05, 0.1) is 0 Å². The third-order valence-electron chi connectivity index (χ3n) is 2.57. The Bertz CT molecular complexity index is 276. The topological polar surface area (TPSA) is 17.1 Å². The van der Waals surface area contributed by atoms with Crippen LogP contribution in [-0.2, 0) is 4.79 Å². The minimum absolute atomic E-state index is 0.243. The van der Waals surface area contributed by atoms with Crippen molar-refractivity contribution in [2.45, 2.75) is 27.2 Å². The van der Waals surface area contributed by atoms with Crippen molar-refractivity contribution in [1.29, 1.82) is 0 Å². The molecule has 2 atom stereocenters. The lowest BCUT2D eigenvalue weighted by Crippen LogP contribution is -2.14. The van der Waals surface area contributed by atoms with Gasteiger partial charge in [0, 0.05) is 10.9 Å². The Kier molecular flexibility index (Phi) is 3.48. The molecule has 0 aliphatic heterocycles. The monoisotopic (exact) mass is 242 g/mol. The van der Waals surface area contributed by atoms with Gasteiger partial charge in [0.2, 0.25) is 0 Å². The number of hydrogen-bond acceptors (Lipinski definition) is 1. The van der Waals surface area contributed by atoms with Gasteiger partial charge in [-0.05, 0) is 24.8 Å². The fourth-order valence-electron chi connectivity index (χ4n) is 1.59. The van der Waals surface area contributed by atoms with Crippen molar-refractivity contribution in [3.05, 3.63) is 22.2 Å². The van der Waals surface area contributed by atoms with Crippen LogP contribution >= 0.6 is 15.9 Å². The quantitative estimate of drug-likeness (QED) is 0.725. The lowest BCUT2D eigenvalue weighted by molar-refractivity contribution is -0.116. The summed E-state index contributed by atoms with van der Waals surface area (Å²) < 4.78 is 1.11. The molecule has 1 nitrogen and oxygen atoms in total. The Hall–Kier alpha value is -0.370. The summed E-state index contributed by atoms with van der Waals surface area (Å²) in [5.74, 6) is 1.26. The van der Waals surface area contributed by atoms with E-state index in [1.165, 1.54) is 5.57 Å². The number of allylic oxidation sites excluding steroid dienone is 4. The predicted molar refractivity (Wildman–Crippen MR) is 58.7 cm³/mol. The highest BCUT2D eigenvalue weighted by Gasteiger charge is 2.20. The molecule has 1 rings (SSSR count). The molecule has 0 saturated heterocycles. The van der Waals surface area contributed by atoms with Crippen molar-refractivity contribution >= 4 is 21.7 Å². The lowest BCUT2D eigenvalue weighted by atomic mass is 9.83. The first kappa shape index (κ1) is 10.7. The van der Waals surface area contributed by atoms with E-state index in [4.69, 9.17) is 0 Å². The van der Waals surface area contributed by atoms with E-state index in [2.05, 4.69) is 41.9 Å². The highest BCUT2D eigenvalue weighted by molar-refractivity contribution is 9.11. The zero-order chi connectivity index (χ0) is 10.0. The number of carbonyl (C=O) groups is 1. The summed E-state index contributed by atoms with van der Waals surface area (Å²) in [6.07, 6.45) is 4.86. The first-order valence-corrected chi connectivity index (χ1v) is 5.37. The van der Waals surface area contributed by atoms with E-state index < -0.39 is 0 Å². The van der Waals surface area contributed by atoms with Gasteiger partial charge in [-0.3, -0.25) is 4.79 Å². The van der Waals surface area contributed by atoms with Gasteiger partial charge < -0.3 is 0 Å². The second-order valence-electron chi connectivity index (χ2n) is 3.80. The number of carbonyl (C=O) groups excluding carboxylic acids is 1. The van der Waals surface area contributed by atoms with Crippen LogP contribution in [0.5, 0.6) is 0 Å². The Balaban J connectivity index is 2.82. The van der Waals surface area contributed by atoms with E-state index in [9.17, 15) is 4.79 Å². The maximum Gasteiger partial charge on any atom is 0.133 e. The van der Waals surface area contributed by atoms with Gasteiger partial charge in [0.1, 0.15) is 5.78 Å². The summed E-state index contributed by atoms with van der Waals surface area (Å²) in [7, 11) is 0. The van der Waals surface area contributed by atoms with Gasteiger partial charge in [-0.2, -0.15) is 0 Å². The number of halogens is 1. The zero-order valence-electron chi connectivity index (χ0n) is 8.30. The number of hydrogen-bond donors (Lipinski definition) is 0. The molecule has 2 unspecified atom stereocenters. The smallest absolute Gasteiger partial charge is 0.133 e. The molecule has 0 fully saturated rings. The molecule has 72 valence electrons. The van der Waals surface area contributed by atoms with E-state index in [1.54, 1.807) is 6.92 Å². The van der Waals surface area contributed by atoms with Gasteiger partial charge in [0.15, 0.2) is 0 Å². The van der Waals surface area contributed by atoms with Crippen LogP contribution in [0.2, 0.25) is 0 Å². The molecule has 0 aromatic carbocycles. The van der Waals surface area contributed by atoms with Crippen LogP contribution in [0.3, 0.4) is 0 Å². The van der Waals surface area contributed by atoms with Crippen molar-refractivity contribution < 1.29 is 4.79 Å². The Labute approximate surface area is 88.0 Å². The minimum atomic E-state index is 0.243. The van der Waals surface area contributed by atoms with Gasteiger partial charge in [-0.25, -0.2) is 0 Å². The molecule has 2 heteroatoms. The van der Waals surface area contributed by atoms with Crippen molar-refractivity contribution in [1.82, 2.24) is 0 Å². The summed E-state index contributed by atoms with van der Waals surface area (Å²) in [6, 6.07) is 0. The van der Waals surface area contributed by atoms with Crippen LogP contribution in [0.25, 0.3) is 0 Å². The highest BCUT2D eigenvalue weighted by Crippen LogP contribution is 2.32. The summed E-state index contributed by atoms with van der Waals surface area (Å²) in [5.41, 5.74) is 1.24. The second-order valence-corrected chi connectivity index (χ2v) is 4.71. The first-order chi connectivity index (χ1) is 6.00. The third-order valence-corrected chi connectivity index (χ3v) is 3.07. The molecule has 0 amide bonds. The normalized spacial score (nSPS) is 28.0. The van der Waals surface area contributed by atoms with Crippen LogP contribution in [0.15, 0.2) is 22.2 Å². The van der Waals surface area contributed by atoms with E-state index in [-0.39, 0.29) is 5.78 Å². The van der Waals surface area contributed by atoms with Crippen molar-refractivity contribution in [3.8, 4) is 0 Å². The van der Waals surface area contributed by atoms with Gasteiger partial charge in [-0.1, -0.05) is 41.4 Å². The SMILES string of the molecule is CC(=O)CC1=CC(Br)=CC(C)C1C. The maximum atomic E-state index is 11.0. The van der Waals surface area contributed by atoms with E-state index in [0.717, 1.165) is 4.48 Å². The predicted octanol–water partition coefficient (Wildman–Crippen LogP) is 3.46. The third kappa shape index (κ3) is 2.80. The summed E-state index contributed by atoms with van der Waals surface area (Å²) in [5, 5.41) is 0. The molecule has 1 aliphatic carbocycles. The molecule has 0 bridgehead atoms. The fraction of sp³-hybridized carbons (Fsp3) is 0.545. The van der Waals surface area contributed by atoms with Crippen LogP contribution in [-0.4, -0.2) is 5.78 Å². The molecule has 0 aromatic rings. The molecular formula is C11H15BrO. The molecule has 0 heterocycles. The lowest BCUT2D eigenvalue weighted by Gasteiger charge is -2.24. The Morgan fingerprint density at radius 2 is 2.15 bits per heavy atom. The number of rotatable bonds is 2.